The number of fused-ring (bicyclic) bond motifs is 1. The summed E-state index contributed by atoms with van der Waals surface area (Å²) in [6.45, 7) is 6.80. The molecule has 0 atom stereocenters. The fourth-order valence-electron chi connectivity index (χ4n) is 1.26. The average molecular weight is 165 g/mol. The molecular formula is C10H15NO. The number of aryl methyl sites for hydroxylation is 1. The second-order valence-corrected chi connectivity index (χ2v) is 2.48. The third-order valence-corrected chi connectivity index (χ3v) is 1.78. The number of nitrogens with zero attached hydrogens (tertiary/aromatic N) is 1. The molecule has 2 heterocycles. The molecule has 0 amide bonds. The Bertz CT molecular complexity index is 258. The van der Waals surface area contributed by atoms with E-state index in [0.29, 0.717) is 0 Å². The summed E-state index contributed by atoms with van der Waals surface area (Å²) in [5, 5.41) is 0. The maximum atomic E-state index is 5.37. The van der Waals surface area contributed by atoms with Crippen LogP contribution in [0.4, 0.5) is 0 Å². The van der Waals surface area contributed by atoms with E-state index >= 15 is 0 Å². The molecule has 0 N–H and O–H groups in total. The summed E-state index contributed by atoms with van der Waals surface area (Å²) in [7, 11) is 0. The molecule has 2 heteroatoms. The predicted octanol–water partition coefficient (Wildman–Crippen LogP) is 2.35. The molecule has 0 fully saturated rings. The zero-order valence-electron chi connectivity index (χ0n) is 7.92. The lowest BCUT2D eigenvalue weighted by Crippen LogP contribution is -1.88. The van der Waals surface area contributed by atoms with E-state index in [4.69, 9.17) is 4.74 Å². The molecule has 0 spiro atoms. The van der Waals surface area contributed by atoms with Crippen molar-refractivity contribution in [2.45, 2.75) is 27.2 Å². The van der Waals surface area contributed by atoms with Crippen LogP contribution in [0.15, 0.2) is 12.3 Å². The SMILES string of the molecule is CC.Cc1nccc2c1OCC2. The summed E-state index contributed by atoms with van der Waals surface area (Å²) in [5.74, 6) is 1.00. The Kier molecular flexibility index (Phi) is 3.09. The molecule has 1 aliphatic heterocycles. The largest absolute Gasteiger partial charge is 0.491 e. The minimum absolute atomic E-state index is 0.821. The zero-order valence-corrected chi connectivity index (χ0v) is 7.92. The summed E-state index contributed by atoms with van der Waals surface area (Å²) >= 11 is 0. The fourth-order valence-corrected chi connectivity index (χ4v) is 1.26. The first kappa shape index (κ1) is 9.04. The predicted molar refractivity (Wildman–Crippen MR) is 49.5 cm³/mol. The van der Waals surface area contributed by atoms with E-state index in [1.54, 1.807) is 0 Å². The Labute approximate surface area is 73.6 Å². The Morgan fingerprint density at radius 1 is 1.42 bits per heavy atom. The third kappa shape index (κ3) is 1.58. The Balaban J connectivity index is 0.000000336. The van der Waals surface area contributed by atoms with Gasteiger partial charge in [0.05, 0.1) is 12.3 Å². The van der Waals surface area contributed by atoms with Gasteiger partial charge in [0.15, 0.2) is 0 Å². The van der Waals surface area contributed by atoms with Gasteiger partial charge in [0.2, 0.25) is 0 Å². The highest BCUT2D eigenvalue weighted by atomic mass is 16.5. The van der Waals surface area contributed by atoms with E-state index in [1.807, 2.05) is 33.0 Å². The number of hydrogen-bond acceptors (Lipinski definition) is 2. The summed E-state index contributed by atoms with van der Waals surface area (Å²) in [5.41, 5.74) is 2.31. The number of rotatable bonds is 0. The van der Waals surface area contributed by atoms with Gasteiger partial charge in [-0.25, -0.2) is 0 Å². The molecule has 1 aromatic heterocycles. The van der Waals surface area contributed by atoms with Crippen LogP contribution in [0, 0.1) is 6.92 Å². The molecule has 66 valence electrons. The first-order valence-electron chi connectivity index (χ1n) is 4.45. The van der Waals surface area contributed by atoms with Gasteiger partial charge in [-0.1, -0.05) is 13.8 Å². The van der Waals surface area contributed by atoms with Crippen molar-refractivity contribution in [1.82, 2.24) is 4.98 Å². The molecule has 2 rings (SSSR count). The third-order valence-electron chi connectivity index (χ3n) is 1.78. The lowest BCUT2D eigenvalue weighted by atomic mass is 10.2. The van der Waals surface area contributed by atoms with Crippen molar-refractivity contribution in [3.05, 3.63) is 23.5 Å². The van der Waals surface area contributed by atoms with Crippen molar-refractivity contribution in [3.8, 4) is 5.75 Å². The van der Waals surface area contributed by atoms with Gasteiger partial charge >= 0.3 is 0 Å². The van der Waals surface area contributed by atoms with Gasteiger partial charge in [0.25, 0.3) is 0 Å². The molecule has 2 nitrogen and oxygen atoms in total. The van der Waals surface area contributed by atoms with E-state index < -0.39 is 0 Å². The summed E-state index contributed by atoms with van der Waals surface area (Å²) in [6.07, 6.45) is 2.88. The van der Waals surface area contributed by atoms with Crippen LogP contribution in [0.25, 0.3) is 0 Å². The topological polar surface area (TPSA) is 22.1 Å². The summed E-state index contributed by atoms with van der Waals surface area (Å²) in [6, 6.07) is 2.02. The van der Waals surface area contributed by atoms with Crippen LogP contribution in [-0.4, -0.2) is 11.6 Å². The lowest BCUT2D eigenvalue weighted by Gasteiger charge is -1.99. The molecule has 0 saturated heterocycles. The molecule has 1 aromatic rings. The van der Waals surface area contributed by atoms with Crippen LogP contribution in [0.5, 0.6) is 5.75 Å². The van der Waals surface area contributed by atoms with Crippen molar-refractivity contribution in [2.24, 2.45) is 0 Å². The number of hydrogen-bond donors (Lipinski definition) is 0. The number of ether oxygens (including phenoxy) is 1. The zero-order chi connectivity index (χ0) is 8.97. The normalized spacial score (nSPS) is 12.6. The Morgan fingerprint density at radius 2 is 2.17 bits per heavy atom. The molecule has 0 aromatic carbocycles. The van der Waals surface area contributed by atoms with Gasteiger partial charge in [-0.05, 0) is 13.0 Å². The highest BCUT2D eigenvalue weighted by molar-refractivity contribution is 5.38. The molecule has 0 bridgehead atoms. The van der Waals surface area contributed by atoms with Crippen LogP contribution in [0.3, 0.4) is 0 Å². The fraction of sp³-hybridized carbons (Fsp3) is 0.500. The molecule has 1 aliphatic rings. The van der Waals surface area contributed by atoms with Crippen LogP contribution >= 0.6 is 0 Å². The lowest BCUT2D eigenvalue weighted by molar-refractivity contribution is 0.353. The molecule has 12 heavy (non-hydrogen) atoms. The minimum Gasteiger partial charge on any atom is -0.491 e. The maximum absolute atomic E-state index is 5.37. The average Bonchev–Trinajstić information content (AvgIpc) is 2.57. The van der Waals surface area contributed by atoms with Crippen molar-refractivity contribution in [3.63, 3.8) is 0 Å². The first-order chi connectivity index (χ1) is 5.88. The second kappa shape index (κ2) is 4.10. The number of pyridine rings is 1. The monoisotopic (exact) mass is 165 g/mol. The van der Waals surface area contributed by atoms with Crippen LogP contribution < -0.4 is 4.74 Å². The molecule has 0 radical (unpaired) electrons. The Hall–Kier alpha value is -1.05. The number of aromatic nitrogens is 1. The summed E-state index contributed by atoms with van der Waals surface area (Å²) in [4.78, 5) is 4.13. The second-order valence-electron chi connectivity index (χ2n) is 2.48. The van der Waals surface area contributed by atoms with Gasteiger partial charge in [0, 0.05) is 18.2 Å². The molecular weight excluding hydrogens is 150 g/mol. The highest BCUT2D eigenvalue weighted by Gasteiger charge is 2.13. The standard InChI is InChI=1S/C8H9NO.C2H6/c1-6-8-7(2-4-9-6)3-5-10-8;1-2/h2,4H,3,5H2,1H3;1-2H3. The van der Waals surface area contributed by atoms with E-state index in [2.05, 4.69) is 4.98 Å². The van der Waals surface area contributed by atoms with Gasteiger partial charge in [0.1, 0.15) is 5.75 Å². The van der Waals surface area contributed by atoms with Gasteiger partial charge in [-0.2, -0.15) is 0 Å². The maximum Gasteiger partial charge on any atom is 0.143 e. The molecule has 0 saturated carbocycles. The van der Waals surface area contributed by atoms with Crippen LogP contribution in [0.1, 0.15) is 25.1 Å². The quantitative estimate of drug-likeness (QED) is 0.588. The van der Waals surface area contributed by atoms with Crippen molar-refractivity contribution in [1.29, 1.82) is 0 Å². The molecule has 0 aliphatic carbocycles. The van der Waals surface area contributed by atoms with E-state index in [-0.39, 0.29) is 0 Å². The Morgan fingerprint density at radius 3 is 2.83 bits per heavy atom. The molecule has 0 unspecified atom stereocenters. The minimum atomic E-state index is 0.821. The smallest absolute Gasteiger partial charge is 0.143 e. The van der Waals surface area contributed by atoms with E-state index in [9.17, 15) is 0 Å². The van der Waals surface area contributed by atoms with Crippen LogP contribution in [0.2, 0.25) is 0 Å². The van der Waals surface area contributed by atoms with E-state index in [0.717, 1.165) is 24.5 Å². The van der Waals surface area contributed by atoms with Crippen LogP contribution in [-0.2, 0) is 6.42 Å². The summed E-state index contributed by atoms with van der Waals surface area (Å²) < 4.78 is 5.37. The van der Waals surface area contributed by atoms with Crippen molar-refractivity contribution >= 4 is 0 Å². The van der Waals surface area contributed by atoms with Crippen molar-refractivity contribution in [2.75, 3.05) is 6.61 Å². The van der Waals surface area contributed by atoms with Crippen molar-refractivity contribution < 1.29 is 4.74 Å². The van der Waals surface area contributed by atoms with Gasteiger partial charge in [-0.15, -0.1) is 0 Å². The van der Waals surface area contributed by atoms with E-state index in [1.165, 1.54) is 5.56 Å². The van der Waals surface area contributed by atoms with Gasteiger partial charge < -0.3 is 4.74 Å². The van der Waals surface area contributed by atoms with Gasteiger partial charge in [-0.3, -0.25) is 4.98 Å². The first-order valence-corrected chi connectivity index (χ1v) is 4.45. The highest BCUT2D eigenvalue weighted by Crippen LogP contribution is 2.26.